The molecule has 2 rings (SSSR count). The number of fused-ring (bicyclic) bond motifs is 1. The third-order valence-electron chi connectivity index (χ3n) is 1.84. The summed E-state index contributed by atoms with van der Waals surface area (Å²) in [5.41, 5.74) is 0.454. The monoisotopic (exact) mass is 248 g/mol. The molecule has 1 atom stereocenters. The Morgan fingerprint density at radius 1 is 1.50 bits per heavy atom. The van der Waals surface area contributed by atoms with Crippen molar-refractivity contribution < 1.29 is 22.3 Å². The second-order valence-electron chi connectivity index (χ2n) is 2.82. The highest BCUT2D eigenvalue weighted by atomic mass is 32.2. The van der Waals surface area contributed by atoms with E-state index < -0.39 is 17.7 Å². The number of benzene rings is 1. The van der Waals surface area contributed by atoms with E-state index in [-0.39, 0.29) is 16.4 Å². The number of hydrogen-bond acceptors (Lipinski definition) is 3. The van der Waals surface area contributed by atoms with Crippen molar-refractivity contribution in [3.8, 4) is 5.75 Å². The lowest BCUT2D eigenvalue weighted by atomic mass is 10.3. The molecular weight excluding hydrogens is 242 g/mol. The van der Waals surface area contributed by atoms with Crippen molar-refractivity contribution >= 4 is 22.1 Å². The van der Waals surface area contributed by atoms with Crippen molar-refractivity contribution in [1.82, 2.24) is 9.97 Å². The molecule has 0 bridgehead atoms. The van der Waals surface area contributed by atoms with E-state index in [4.69, 9.17) is 4.55 Å². The first-order chi connectivity index (χ1) is 7.58. The smallest absolute Gasteiger partial charge is 0.387 e. The average molecular weight is 248 g/mol. The number of nitrogens with one attached hydrogen (secondary N) is 1. The molecule has 0 aliphatic carbocycles. The topological polar surface area (TPSA) is 75.2 Å². The molecule has 1 unspecified atom stereocenters. The van der Waals surface area contributed by atoms with Crippen LogP contribution in [0.15, 0.2) is 23.4 Å². The summed E-state index contributed by atoms with van der Waals surface area (Å²) in [6, 6.07) is 4.32. The van der Waals surface area contributed by atoms with Gasteiger partial charge < -0.3 is 9.72 Å². The van der Waals surface area contributed by atoms with Crippen molar-refractivity contribution in [2.45, 2.75) is 11.8 Å². The van der Waals surface area contributed by atoms with Gasteiger partial charge in [-0.3, -0.25) is 4.55 Å². The predicted octanol–water partition coefficient (Wildman–Crippen LogP) is 1.74. The Morgan fingerprint density at radius 2 is 2.25 bits per heavy atom. The van der Waals surface area contributed by atoms with E-state index in [2.05, 4.69) is 14.7 Å². The zero-order chi connectivity index (χ0) is 11.7. The fourth-order valence-electron chi connectivity index (χ4n) is 1.26. The largest absolute Gasteiger partial charge is 0.432 e. The third-order valence-corrected chi connectivity index (χ3v) is 2.36. The molecule has 0 aliphatic rings. The van der Waals surface area contributed by atoms with Gasteiger partial charge >= 0.3 is 6.61 Å². The zero-order valence-corrected chi connectivity index (χ0v) is 8.50. The molecule has 1 heterocycles. The molecule has 2 N–H and O–H groups in total. The minimum absolute atomic E-state index is 0.0974. The van der Waals surface area contributed by atoms with Crippen LogP contribution in [0.2, 0.25) is 0 Å². The molecule has 0 radical (unpaired) electrons. The maximum atomic E-state index is 12.0. The average Bonchev–Trinajstić information content (AvgIpc) is 2.61. The number of alkyl halides is 2. The summed E-state index contributed by atoms with van der Waals surface area (Å²) in [4.78, 5) is 6.22. The van der Waals surface area contributed by atoms with Gasteiger partial charge in [0.1, 0.15) is 5.52 Å². The number of ether oxygens (including phenoxy) is 1. The van der Waals surface area contributed by atoms with E-state index in [1.54, 1.807) is 0 Å². The van der Waals surface area contributed by atoms with Gasteiger partial charge in [-0.15, -0.1) is 0 Å². The van der Waals surface area contributed by atoms with Gasteiger partial charge in [0.25, 0.3) is 0 Å². The molecule has 8 heteroatoms. The second kappa shape index (κ2) is 4.14. The molecule has 1 aromatic carbocycles. The Morgan fingerprint density at radius 3 is 2.88 bits per heavy atom. The summed E-state index contributed by atoms with van der Waals surface area (Å²) in [6.07, 6.45) is 0. The van der Waals surface area contributed by atoms with Crippen LogP contribution in [0.4, 0.5) is 8.78 Å². The van der Waals surface area contributed by atoms with Gasteiger partial charge in [-0.05, 0) is 12.1 Å². The Bertz CT molecular complexity index is 543. The number of aromatic amines is 1. The first-order valence-electron chi connectivity index (χ1n) is 4.12. The highest BCUT2D eigenvalue weighted by Crippen LogP contribution is 2.25. The van der Waals surface area contributed by atoms with E-state index in [9.17, 15) is 13.0 Å². The Hall–Kier alpha value is -1.54. The molecule has 0 aliphatic heterocycles. The first kappa shape index (κ1) is 11.0. The summed E-state index contributed by atoms with van der Waals surface area (Å²) in [5.74, 6) is -0.138. The SMILES string of the molecule is O=S(O)c1nc2c(OC(F)F)cccc2[nH]1. The van der Waals surface area contributed by atoms with Crippen molar-refractivity contribution in [3.05, 3.63) is 18.2 Å². The molecule has 0 saturated carbocycles. The molecule has 0 fully saturated rings. The van der Waals surface area contributed by atoms with Crippen molar-refractivity contribution in [2.75, 3.05) is 0 Å². The molecule has 1 aromatic heterocycles. The highest BCUT2D eigenvalue weighted by Gasteiger charge is 2.13. The number of H-pyrrole nitrogens is 1. The van der Waals surface area contributed by atoms with Crippen LogP contribution in [0.5, 0.6) is 5.75 Å². The van der Waals surface area contributed by atoms with E-state index in [1.807, 2.05) is 0 Å². The van der Waals surface area contributed by atoms with Crippen LogP contribution in [0.25, 0.3) is 11.0 Å². The number of rotatable bonds is 3. The number of aromatic nitrogens is 2. The van der Waals surface area contributed by atoms with Gasteiger partial charge in [-0.2, -0.15) is 8.78 Å². The lowest BCUT2D eigenvalue weighted by molar-refractivity contribution is -0.0489. The number of halogens is 2. The van der Waals surface area contributed by atoms with Crippen molar-refractivity contribution in [2.24, 2.45) is 0 Å². The van der Waals surface area contributed by atoms with Gasteiger partial charge in [-0.25, -0.2) is 9.19 Å². The minimum Gasteiger partial charge on any atom is -0.432 e. The van der Waals surface area contributed by atoms with E-state index in [0.29, 0.717) is 5.52 Å². The molecule has 0 spiro atoms. The molecular formula is C8H6F2N2O3S. The third kappa shape index (κ3) is 2.02. The molecule has 2 aromatic rings. The minimum atomic E-state index is -2.97. The predicted molar refractivity (Wildman–Crippen MR) is 51.8 cm³/mol. The van der Waals surface area contributed by atoms with Gasteiger partial charge in [0.05, 0.1) is 5.52 Å². The van der Waals surface area contributed by atoms with Crippen molar-refractivity contribution in [3.63, 3.8) is 0 Å². The van der Waals surface area contributed by atoms with Crippen molar-refractivity contribution in [1.29, 1.82) is 0 Å². The summed E-state index contributed by atoms with van der Waals surface area (Å²) in [7, 11) is 0. The number of hydrogen-bond donors (Lipinski definition) is 2. The highest BCUT2D eigenvalue weighted by molar-refractivity contribution is 7.79. The van der Waals surface area contributed by atoms with E-state index in [1.165, 1.54) is 18.2 Å². The van der Waals surface area contributed by atoms with Crippen LogP contribution < -0.4 is 4.74 Å². The van der Waals surface area contributed by atoms with Crippen LogP contribution in [-0.4, -0.2) is 25.3 Å². The first-order valence-corrected chi connectivity index (χ1v) is 5.23. The number of imidazole rings is 1. The maximum absolute atomic E-state index is 12.0. The van der Waals surface area contributed by atoms with Crippen LogP contribution >= 0.6 is 0 Å². The molecule has 16 heavy (non-hydrogen) atoms. The zero-order valence-electron chi connectivity index (χ0n) is 7.68. The number of nitrogens with zero attached hydrogens (tertiary/aromatic N) is 1. The summed E-state index contributed by atoms with van der Waals surface area (Å²) in [6.45, 7) is -2.97. The molecule has 86 valence electrons. The summed E-state index contributed by atoms with van der Waals surface area (Å²) >= 11 is -2.29. The van der Waals surface area contributed by atoms with Crippen LogP contribution in [0, 0.1) is 0 Å². The second-order valence-corrected chi connectivity index (χ2v) is 3.71. The fourth-order valence-corrected chi connectivity index (χ4v) is 1.62. The number of para-hydroxylation sites is 1. The van der Waals surface area contributed by atoms with Gasteiger partial charge in [0.2, 0.25) is 16.2 Å². The van der Waals surface area contributed by atoms with E-state index in [0.717, 1.165) is 0 Å². The van der Waals surface area contributed by atoms with Crippen LogP contribution in [0.3, 0.4) is 0 Å². The maximum Gasteiger partial charge on any atom is 0.387 e. The molecule has 0 amide bonds. The quantitative estimate of drug-likeness (QED) is 0.811. The summed E-state index contributed by atoms with van der Waals surface area (Å²) in [5, 5.41) is -0.208. The standard InChI is InChI=1S/C8H6F2N2O3S/c9-7(10)15-5-3-1-2-4-6(5)12-8(11-4)16(13)14/h1-3,7H,(H,11,12)(H,13,14). The normalized spacial score (nSPS) is 13.2. The van der Waals surface area contributed by atoms with Gasteiger partial charge in [-0.1, -0.05) is 6.07 Å². The van der Waals surface area contributed by atoms with Gasteiger partial charge in [0, 0.05) is 0 Å². The Balaban J connectivity index is 2.54. The van der Waals surface area contributed by atoms with Crippen LogP contribution in [0.1, 0.15) is 0 Å². The van der Waals surface area contributed by atoms with Gasteiger partial charge in [0.15, 0.2) is 5.75 Å². The fraction of sp³-hybridized carbons (Fsp3) is 0.125. The van der Waals surface area contributed by atoms with E-state index >= 15 is 0 Å². The molecule has 5 nitrogen and oxygen atoms in total. The van der Waals surface area contributed by atoms with Crippen LogP contribution in [-0.2, 0) is 11.1 Å². The Labute approximate surface area is 90.7 Å². The molecule has 0 saturated heterocycles. The Kier molecular flexibility index (Phi) is 2.84. The lowest BCUT2D eigenvalue weighted by Crippen LogP contribution is -2.02. The lowest BCUT2D eigenvalue weighted by Gasteiger charge is -2.03. The summed E-state index contributed by atoms with van der Waals surface area (Å²) < 4.78 is 47.8.